The molecule has 138 valence electrons. The van der Waals surface area contributed by atoms with E-state index >= 15 is 0 Å². The molecule has 0 radical (unpaired) electrons. The van der Waals surface area contributed by atoms with Crippen molar-refractivity contribution in [1.29, 1.82) is 0 Å². The van der Waals surface area contributed by atoms with E-state index in [1.165, 1.54) is 42.5 Å². The van der Waals surface area contributed by atoms with Gasteiger partial charge in [-0.25, -0.2) is 9.37 Å². The van der Waals surface area contributed by atoms with Crippen LogP contribution in [0, 0.1) is 24.1 Å². The lowest BCUT2D eigenvalue weighted by Crippen LogP contribution is -2.30. The summed E-state index contributed by atoms with van der Waals surface area (Å²) in [7, 11) is -3.94. The van der Waals surface area contributed by atoms with E-state index in [4.69, 9.17) is 6.42 Å². The summed E-state index contributed by atoms with van der Waals surface area (Å²) in [5.41, 5.74) is 0.490. The summed E-state index contributed by atoms with van der Waals surface area (Å²) in [5, 5.41) is 6.52. The van der Waals surface area contributed by atoms with Crippen LogP contribution in [0.15, 0.2) is 53.7 Å². The predicted molar refractivity (Wildman–Crippen MR) is 96.9 cm³/mol. The molecule has 0 spiro atoms. The van der Waals surface area contributed by atoms with E-state index in [-0.39, 0.29) is 29.6 Å². The molecule has 1 atom stereocenters. The Balaban J connectivity index is 1.77. The number of hydrogen-bond acceptors (Lipinski definition) is 5. The molecule has 9 heteroatoms. The van der Waals surface area contributed by atoms with E-state index in [1.54, 1.807) is 0 Å². The number of hydrogen-bond donors (Lipinski definition) is 1. The van der Waals surface area contributed by atoms with Crippen molar-refractivity contribution in [3.8, 4) is 23.7 Å². The summed E-state index contributed by atoms with van der Waals surface area (Å²) in [4.78, 5) is 15.9. The van der Waals surface area contributed by atoms with Gasteiger partial charge in [0.15, 0.2) is 5.82 Å². The van der Waals surface area contributed by atoms with E-state index in [0.717, 1.165) is 10.4 Å². The van der Waals surface area contributed by atoms with Gasteiger partial charge in [0.1, 0.15) is 12.1 Å². The van der Waals surface area contributed by atoms with Gasteiger partial charge >= 0.3 is 0 Å². The SMILES string of the molecule is C#CCNC(=O)C1C=CC(S(=O)(=O)n2cnc(-c3ccc(F)cc3)n2)=CC1. The van der Waals surface area contributed by atoms with Crippen molar-refractivity contribution in [3.63, 3.8) is 0 Å². The molecule has 27 heavy (non-hydrogen) atoms. The molecule has 1 heterocycles. The number of amides is 1. The van der Waals surface area contributed by atoms with Gasteiger partial charge in [-0.15, -0.1) is 15.6 Å². The lowest BCUT2D eigenvalue weighted by molar-refractivity contribution is -0.123. The summed E-state index contributed by atoms with van der Waals surface area (Å²) in [6.07, 6.45) is 10.7. The van der Waals surface area contributed by atoms with Crippen molar-refractivity contribution < 1.29 is 17.6 Å². The first-order chi connectivity index (χ1) is 12.9. The standard InChI is InChI=1S/C18H15FN4O3S/c1-2-11-20-18(24)14-5-9-16(10-6-14)27(25,26)23-12-21-17(22-23)13-3-7-15(19)8-4-13/h1,3-5,7-10,12,14H,6,11H2,(H,20,24). The molecular formula is C18H15FN4O3S. The number of rotatable bonds is 5. The normalized spacial score (nSPS) is 16.4. The highest BCUT2D eigenvalue weighted by Crippen LogP contribution is 2.23. The Morgan fingerprint density at radius 1 is 1.37 bits per heavy atom. The number of benzene rings is 1. The Morgan fingerprint density at radius 2 is 2.11 bits per heavy atom. The molecule has 1 amide bonds. The monoisotopic (exact) mass is 386 g/mol. The highest BCUT2D eigenvalue weighted by molar-refractivity contribution is 7.93. The minimum absolute atomic E-state index is 0.0130. The molecule has 0 saturated carbocycles. The van der Waals surface area contributed by atoms with Crippen molar-refractivity contribution in [1.82, 2.24) is 19.5 Å². The van der Waals surface area contributed by atoms with Crippen LogP contribution >= 0.6 is 0 Å². The van der Waals surface area contributed by atoms with Gasteiger partial charge < -0.3 is 5.32 Å². The molecular weight excluding hydrogens is 371 g/mol. The second-order valence-corrected chi connectivity index (χ2v) is 7.48. The summed E-state index contributed by atoms with van der Waals surface area (Å²) in [5.74, 6) is 1.30. The molecule has 2 aromatic rings. The topological polar surface area (TPSA) is 94.0 Å². The van der Waals surface area contributed by atoms with Crippen molar-refractivity contribution in [3.05, 3.63) is 59.5 Å². The summed E-state index contributed by atoms with van der Waals surface area (Å²) in [6, 6.07) is 5.40. The van der Waals surface area contributed by atoms with Crippen LogP contribution in [-0.2, 0) is 14.8 Å². The first-order valence-electron chi connectivity index (χ1n) is 7.94. The summed E-state index contributed by atoms with van der Waals surface area (Å²) in [6.45, 7) is 0.114. The molecule has 0 aliphatic heterocycles. The van der Waals surface area contributed by atoms with Gasteiger partial charge in [0.05, 0.1) is 17.4 Å². The fourth-order valence-corrected chi connectivity index (χ4v) is 3.59. The summed E-state index contributed by atoms with van der Waals surface area (Å²) >= 11 is 0. The van der Waals surface area contributed by atoms with Crippen LogP contribution in [0.1, 0.15) is 6.42 Å². The third-order valence-electron chi connectivity index (χ3n) is 3.89. The van der Waals surface area contributed by atoms with E-state index in [1.807, 2.05) is 0 Å². The lowest BCUT2D eigenvalue weighted by Gasteiger charge is -2.15. The maximum Gasteiger partial charge on any atom is 0.284 e. The van der Waals surface area contributed by atoms with Crippen molar-refractivity contribution in [2.24, 2.45) is 5.92 Å². The average molecular weight is 386 g/mol. The molecule has 1 aliphatic carbocycles. The van der Waals surface area contributed by atoms with Crippen molar-refractivity contribution in [2.75, 3.05) is 6.54 Å². The van der Waals surface area contributed by atoms with Gasteiger partial charge in [-0.2, -0.15) is 8.42 Å². The highest BCUT2D eigenvalue weighted by Gasteiger charge is 2.25. The number of aromatic nitrogens is 3. The molecule has 0 bridgehead atoms. The zero-order valence-corrected chi connectivity index (χ0v) is 14.9. The molecule has 1 aromatic carbocycles. The Labute approximate surface area is 155 Å². The second kappa shape index (κ2) is 7.55. The van der Waals surface area contributed by atoms with Crippen LogP contribution < -0.4 is 5.32 Å². The lowest BCUT2D eigenvalue weighted by atomic mass is 10.00. The minimum Gasteiger partial charge on any atom is -0.345 e. The zero-order valence-electron chi connectivity index (χ0n) is 14.0. The molecule has 1 N–H and O–H groups in total. The number of allylic oxidation sites excluding steroid dienone is 2. The van der Waals surface area contributed by atoms with E-state index in [0.29, 0.717) is 5.56 Å². The number of halogens is 1. The molecule has 1 aromatic heterocycles. The van der Waals surface area contributed by atoms with Crippen LogP contribution in [0.3, 0.4) is 0 Å². The van der Waals surface area contributed by atoms with Crippen LogP contribution in [-0.4, -0.2) is 35.0 Å². The number of nitrogens with zero attached hydrogens (tertiary/aromatic N) is 3. The zero-order chi connectivity index (χ0) is 19.4. The first-order valence-corrected chi connectivity index (χ1v) is 9.38. The van der Waals surface area contributed by atoms with Gasteiger partial charge in [0.25, 0.3) is 10.0 Å². The molecule has 0 fully saturated rings. The maximum absolute atomic E-state index is 13.0. The van der Waals surface area contributed by atoms with Crippen LogP contribution in [0.5, 0.6) is 0 Å². The third-order valence-corrected chi connectivity index (χ3v) is 5.45. The molecule has 7 nitrogen and oxygen atoms in total. The predicted octanol–water partition coefficient (Wildman–Crippen LogP) is 1.47. The largest absolute Gasteiger partial charge is 0.345 e. The Hall–Kier alpha value is -3.25. The maximum atomic E-state index is 13.0. The number of terminal acetylenes is 1. The fraction of sp³-hybridized carbons (Fsp3) is 0.167. The van der Waals surface area contributed by atoms with Gasteiger partial charge in [-0.05, 0) is 36.8 Å². The third kappa shape index (κ3) is 3.96. The Bertz CT molecular complexity index is 1060. The van der Waals surface area contributed by atoms with Crippen molar-refractivity contribution in [2.45, 2.75) is 6.42 Å². The van der Waals surface area contributed by atoms with Crippen LogP contribution in [0.25, 0.3) is 11.4 Å². The van der Waals surface area contributed by atoms with Crippen molar-refractivity contribution >= 4 is 15.9 Å². The minimum atomic E-state index is -3.94. The number of carbonyl (C=O) groups excluding carboxylic acids is 1. The number of nitrogens with one attached hydrogen (secondary N) is 1. The smallest absolute Gasteiger partial charge is 0.284 e. The Kier molecular flexibility index (Phi) is 5.19. The average Bonchev–Trinajstić information content (AvgIpc) is 3.18. The molecule has 0 saturated heterocycles. The van der Waals surface area contributed by atoms with Gasteiger partial charge in [-0.1, -0.05) is 18.1 Å². The van der Waals surface area contributed by atoms with Gasteiger partial charge in [0, 0.05) is 5.56 Å². The van der Waals surface area contributed by atoms with E-state index in [9.17, 15) is 17.6 Å². The second-order valence-electron chi connectivity index (χ2n) is 5.68. The Morgan fingerprint density at radius 3 is 2.74 bits per heavy atom. The van der Waals surface area contributed by atoms with Crippen LogP contribution in [0.2, 0.25) is 0 Å². The van der Waals surface area contributed by atoms with Gasteiger partial charge in [0.2, 0.25) is 5.91 Å². The van der Waals surface area contributed by atoms with Crippen LogP contribution in [0.4, 0.5) is 4.39 Å². The molecule has 3 rings (SSSR count). The highest BCUT2D eigenvalue weighted by atomic mass is 32.2. The molecule has 1 unspecified atom stereocenters. The van der Waals surface area contributed by atoms with E-state index < -0.39 is 21.8 Å². The summed E-state index contributed by atoms with van der Waals surface area (Å²) < 4.78 is 39.1. The van der Waals surface area contributed by atoms with Gasteiger partial charge in [-0.3, -0.25) is 4.79 Å². The van der Waals surface area contributed by atoms with E-state index in [2.05, 4.69) is 21.3 Å². The molecule has 1 aliphatic rings. The first kappa shape index (κ1) is 18.5. The fourth-order valence-electron chi connectivity index (χ4n) is 2.46. The number of carbonyl (C=O) groups is 1. The quantitative estimate of drug-likeness (QED) is 0.786.